The Hall–Kier alpha value is -1.79. The first-order valence-corrected chi connectivity index (χ1v) is 5.90. The first-order chi connectivity index (χ1) is 8.40. The zero-order valence-electron chi connectivity index (χ0n) is 10.5. The molecule has 1 aliphatic rings. The Labute approximate surface area is 106 Å². The summed E-state index contributed by atoms with van der Waals surface area (Å²) in [6.45, 7) is 0.779. The molecule has 3 N–H and O–H groups in total. The minimum atomic E-state index is -1.03. The molecule has 0 bridgehead atoms. The summed E-state index contributed by atoms with van der Waals surface area (Å²) in [6, 6.07) is -0.282. The van der Waals surface area contributed by atoms with Crippen molar-refractivity contribution in [1.82, 2.24) is 9.80 Å². The molecule has 1 rings (SSSR count). The van der Waals surface area contributed by atoms with Crippen molar-refractivity contribution < 1.29 is 19.5 Å². The molecule has 1 aliphatic heterocycles. The number of rotatable bonds is 4. The maximum Gasteiger partial charge on any atom is 0.323 e. The highest BCUT2D eigenvalue weighted by atomic mass is 16.4. The summed E-state index contributed by atoms with van der Waals surface area (Å²) in [5, 5.41) is 8.61. The molecule has 102 valence electrons. The Morgan fingerprint density at radius 2 is 1.89 bits per heavy atom. The standard InChI is InChI=1S/C11H19N3O4/c1-13(7-10(16)17)11(18)14-4-2-8(3-5-14)6-9(12)15/h8H,2-7H2,1H3,(H2,12,15)(H,16,17). The molecule has 0 saturated carbocycles. The van der Waals surface area contributed by atoms with Crippen LogP contribution in [0.25, 0.3) is 0 Å². The Balaban J connectivity index is 2.40. The van der Waals surface area contributed by atoms with Crippen LogP contribution in [0.4, 0.5) is 4.79 Å². The molecule has 1 saturated heterocycles. The Bertz CT molecular complexity index is 337. The summed E-state index contributed by atoms with van der Waals surface area (Å²) < 4.78 is 0. The Morgan fingerprint density at radius 1 is 1.33 bits per heavy atom. The van der Waals surface area contributed by atoms with Gasteiger partial charge in [-0.05, 0) is 18.8 Å². The molecule has 1 fully saturated rings. The van der Waals surface area contributed by atoms with Crippen LogP contribution >= 0.6 is 0 Å². The zero-order chi connectivity index (χ0) is 13.7. The van der Waals surface area contributed by atoms with Gasteiger partial charge in [-0.3, -0.25) is 9.59 Å². The van der Waals surface area contributed by atoms with Gasteiger partial charge in [0.05, 0.1) is 0 Å². The minimum absolute atomic E-state index is 0.233. The monoisotopic (exact) mass is 257 g/mol. The second-order valence-electron chi connectivity index (χ2n) is 4.63. The third-order valence-corrected chi connectivity index (χ3v) is 3.07. The van der Waals surface area contributed by atoms with Gasteiger partial charge in [0.15, 0.2) is 0 Å². The predicted octanol–water partition coefficient (Wildman–Crippen LogP) is -0.290. The third kappa shape index (κ3) is 4.23. The maximum atomic E-state index is 11.9. The van der Waals surface area contributed by atoms with Crippen molar-refractivity contribution in [2.24, 2.45) is 11.7 Å². The first kappa shape index (κ1) is 14.3. The quantitative estimate of drug-likeness (QED) is 0.722. The number of urea groups is 1. The van der Waals surface area contributed by atoms with Crippen LogP contribution in [0.1, 0.15) is 19.3 Å². The number of primary amides is 1. The molecule has 0 aromatic carbocycles. The Morgan fingerprint density at radius 3 is 2.33 bits per heavy atom. The molecule has 7 heteroatoms. The molecule has 0 atom stereocenters. The van der Waals surface area contributed by atoms with Crippen LogP contribution in [0.2, 0.25) is 0 Å². The van der Waals surface area contributed by atoms with Gasteiger partial charge in [-0.2, -0.15) is 0 Å². The smallest absolute Gasteiger partial charge is 0.323 e. The number of likely N-dealkylation sites (tertiary alicyclic amines) is 1. The fourth-order valence-electron chi connectivity index (χ4n) is 2.12. The molecule has 7 nitrogen and oxygen atoms in total. The van der Waals surface area contributed by atoms with E-state index in [9.17, 15) is 14.4 Å². The van der Waals surface area contributed by atoms with E-state index in [1.165, 1.54) is 11.9 Å². The highest BCUT2D eigenvalue weighted by molar-refractivity contribution is 5.80. The minimum Gasteiger partial charge on any atom is -0.480 e. The van der Waals surface area contributed by atoms with Gasteiger partial charge in [-0.1, -0.05) is 0 Å². The summed E-state index contributed by atoms with van der Waals surface area (Å²) in [5.41, 5.74) is 5.13. The lowest BCUT2D eigenvalue weighted by Crippen LogP contribution is -2.46. The molecule has 0 aromatic heterocycles. The predicted molar refractivity (Wildman–Crippen MR) is 63.8 cm³/mol. The number of hydrogen-bond donors (Lipinski definition) is 2. The summed E-state index contributed by atoms with van der Waals surface area (Å²) in [4.78, 5) is 35.9. The second kappa shape index (κ2) is 6.23. The number of nitrogens with two attached hydrogens (primary N) is 1. The molecular formula is C11H19N3O4. The van der Waals surface area contributed by atoms with Crippen LogP contribution in [0.15, 0.2) is 0 Å². The van der Waals surface area contributed by atoms with E-state index in [-0.39, 0.29) is 24.4 Å². The van der Waals surface area contributed by atoms with Crippen molar-refractivity contribution in [1.29, 1.82) is 0 Å². The molecule has 0 radical (unpaired) electrons. The van der Waals surface area contributed by atoms with Crippen LogP contribution < -0.4 is 5.73 Å². The molecular weight excluding hydrogens is 238 g/mol. The van der Waals surface area contributed by atoms with Crippen molar-refractivity contribution in [2.75, 3.05) is 26.7 Å². The van der Waals surface area contributed by atoms with Gasteiger partial charge < -0.3 is 20.6 Å². The number of carbonyl (C=O) groups is 3. The van der Waals surface area contributed by atoms with Gasteiger partial charge in [-0.25, -0.2) is 4.79 Å². The topological polar surface area (TPSA) is 104 Å². The zero-order valence-corrected chi connectivity index (χ0v) is 10.5. The van der Waals surface area contributed by atoms with Crippen molar-refractivity contribution in [3.05, 3.63) is 0 Å². The SMILES string of the molecule is CN(CC(=O)O)C(=O)N1CCC(CC(N)=O)CC1. The normalized spacial score (nSPS) is 16.4. The van der Waals surface area contributed by atoms with E-state index >= 15 is 0 Å². The molecule has 18 heavy (non-hydrogen) atoms. The number of likely N-dealkylation sites (N-methyl/N-ethyl adjacent to an activating group) is 1. The van der Waals surface area contributed by atoms with E-state index in [0.29, 0.717) is 19.5 Å². The number of carbonyl (C=O) groups excluding carboxylic acids is 2. The summed E-state index contributed by atoms with van der Waals surface area (Å²) in [7, 11) is 1.46. The lowest BCUT2D eigenvalue weighted by atomic mass is 9.93. The molecule has 0 spiro atoms. The first-order valence-electron chi connectivity index (χ1n) is 5.90. The van der Waals surface area contributed by atoms with Gasteiger partial charge in [0, 0.05) is 26.6 Å². The summed E-state index contributed by atoms with van der Waals surface area (Å²) in [5.74, 6) is -1.12. The largest absolute Gasteiger partial charge is 0.480 e. The van der Waals surface area contributed by atoms with Crippen molar-refractivity contribution in [3.63, 3.8) is 0 Å². The van der Waals surface area contributed by atoms with Gasteiger partial charge in [0.25, 0.3) is 0 Å². The van der Waals surface area contributed by atoms with Crippen molar-refractivity contribution in [2.45, 2.75) is 19.3 Å². The van der Waals surface area contributed by atoms with Crippen LogP contribution in [-0.2, 0) is 9.59 Å². The van der Waals surface area contributed by atoms with E-state index in [2.05, 4.69) is 0 Å². The summed E-state index contributed by atoms with van der Waals surface area (Å²) >= 11 is 0. The van der Waals surface area contributed by atoms with E-state index in [1.807, 2.05) is 0 Å². The third-order valence-electron chi connectivity index (χ3n) is 3.07. The number of aliphatic carboxylic acids is 1. The highest BCUT2D eigenvalue weighted by Crippen LogP contribution is 2.20. The fourth-order valence-corrected chi connectivity index (χ4v) is 2.12. The van der Waals surface area contributed by atoms with Crippen molar-refractivity contribution in [3.8, 4) is 0 Å². The van der Waals surface area contributed by atoms with Crippen molar-refractivity contribution >= 4 is 17.9 Å². The summed E-state index contributed by atoms with van der Waals surface area (Å²) in [6.07, 6.45) is 1.82. The van der Waals surface area contributed by atoms with Crippen LogP contribution in [0.3, 0.4) is 0 Å². The molecule has 0 aromatic rings. The molecule has 0 unspecified atom stereocenters. The van der Waals surface area contributed by atoms with Gasteiger partial charge in [0.1, 0.15) is 6.54 Å². The van der Waals surface area contributed by atoms with Gasteiger partial charge in [0.2, 0.25) is 5.91 Å². The number of hydrogen-bond acceptors (Lipinski definition) is 3. The average Bonchev–Trinajstić information content (AvgIpc) is 2.27. The average molecular weight is 257 g/mol. The molecule has 1 heterocycles. The van der Waals surface area contributed by atoms with E-state index in [1.54, 1.807) is 4.90 Å². The lowest BCUT2D eigenvalue weighted by Gasteiger charge is -2.33. The number of carboxylic acids is 1. The number of piperidine rings is 1. The van der Waals surface area contributed by atoms with Crippen LogP contribution in [0, 0.1) is 5.92 Å². The van der Waals surface area contributed by atoms with Gasteiger partial charge >= 0.3 is 12.0 Å². The van der Waals surface area contributed by atoms with E-state index < -0.39 is 5.97 Å². The van der Waals surface area contributed by atoms with Gasteiger partial charge in [-0.15, -0.1) is 0 Å². The second-order valence-corrected chi connectivity index (χ2v) is 4.63. The van der Waals surface area contributed by atoms with E-state index in [0.717, 1.165) is 12.8 Å². The Kier molecular flexibility index (Phi) is 4.94. The van der Waals surface area contributed by atoms with E-state index in [4.69, 9.17) is 10.8 Å². The highest BCUT2D eigenvalue weighted by Gasteiger charge is 2.26. The molecule has 0 aliphatic carbocycles. The molecule has 3 amide bonds. The van der Waals surface area contributed by atoms with Crippen LogP contribution in [0.5, 0.6) is 0 Å². The fraction of sp³-hybridized carbons (Fsp3) is 0.727. The number of carboxylic acid groups (broad SMARTS) is 1. The van der Waals surface area contributed by atoms with Crippen LogP contribution in [-0.4, -0.2) is 59.5 Å². The number of amides is 3. The number of nitrogens with zero attached hydrogens (tertiary/aromatic N) is 2. The lowest BCUT2D eigenvalue weighted by molar-refractivity contribution is -0.137. The maximum absolute atomic E-state index is 11.9.